The number of para-hydroxylation sites is 1. The molecule has 258 valence electrons. The molecule has 6 aromatic rings. The Labute approximate surface area is 302 Å². The first kappa shape index (κ1) is 34.0. The standard InChI is InChI=1S/C41H32N4O6S/c1-2-44-34-14-7-6-13-31(34)32-21-25(15-20-35(32)44)22-33(43-38(47)26-9-4-3-5-10-26)39(48)42-28-11-8-12-30(23-28)52-36-24-37(46)45(40(36)49)29-18-16-27(17-19-29)41(50)51/h3-23,36H,2,24H2,1H3,(H,42,48)(H,43,47)(H,50,51)/b33-22-/t36-/m1/s1. The highest BCUT2D eigenvalue weighted by Crippen LogP contribution is 2.35. The SMILES string of the molecule is CCn1c2ccccc2c2cc(/C=C(\NC(=O)c3ccccc3)C(=O)Nc3cccc(S[C@@H]4CC(=O)N(c5ccc(C(=O)O)cc5)C4=O)c3)ccc21. The van der Waals surface area contributed by atoms with Gasteiger partial charge in [-0.1, -0.05) is 48.5 Å². The number of rotatable bonds is 10. The van der Waals surface area contributed by atoms with Crippen molar-refractivity contribution in [2.45, 2.75) is 30.0 Å². The number of carboxylic acids is 1. The van der Waals surface area contributed by atoms with E-state index >= 15 is 0 Å². The summed E-state index contributed by atoms with van der Waals surface area (Å²) in [6.45, 7) is 2.89. The molecule has 52 heavy (non-hydrogen) atoms. The maximum atomic E-state index is 13.9. The normalized spacial score (nSPS) is 14.6. The summed E-state index contributed by atoms with van der Waals surface area (Å²) in [6.07, 6.45) is 1.60. The third-order valence-corrected chi connectivity index (χ3v) is 9.98. The van der Waals surface area contributed by atoms with Gasteiger partial charge in [0.05, 0.1) is 16.5 Å². The van der Waals surface area contributed by atoms with Gasteiger partial charge in [-0.2, -0.15) is 0 Å². The molecule has 1 aromatic heterocycles. The Morgan fingerprint density at radius 1 is 0.808 bits per heavy atom. The molecule has 7 rings (SSSR count). The Bertz CT molecular complexity index is 2420. The lowest BCUT2D eigenvalue weighted by Crippen LogP contribution is -2.31. The zero-order valence-corrected chi connectivity index (χ0v) is 28.7. The number of carboxylic acid groups (broad SMARTS) is 1. The summed E-state index contributed by atoms with van der Waals surface area (Å²) < 4.78 is 2.24. The zero-order valence-electron chi connectivity index (χ0n) is 27.9. The van der Waals surface area contributed by atoms with Gasteiger partial charge < -0.3 is 20.3 Å². The quantitative estimate of drug-likeness (QED) is 0.100. The first-order valence-electron chi connectivity index (χ1n) is 16.6. The summed E-state index contributed by atoms with van der Waals surface area (Å²) in [7, 11) is 0. The highest BCUT2D eigenvalue weighted by molar-refractivity contribution is 8.00. The van der Waals surface area contributed by atoms with Crippen molar-refractivity contribution in [1.29, 1.82) is 0 Å². The predicted molar refractivity (Wildman–Crippen MR) is 202 cm³/mol. The Morgan fingerprint density at radius 3 is 2.29 bits per heavy atom. The number of amides is 4. The molecule has 0 aliphatic carbocycles. The Balaban J connectivity index is 1.14. The Kier molecular flexibility index (Phi) is 9.43. The lowest BCUT2D eigenvalue weighted by Gasteiger charge is -2.15. The van der Waals surface area contributed by atoms with E-state index in [1.54, 1.807) is 60.7 Å². The number of thioether (sulfide) groups is 1. The number of nitrogens with one attached hydrogen (secondary N) is 2. The van der Waals surface area contributed by atoms with Crippen LogP contribution in [0.3, 0.4) is 0 Å². The van der Waals surface area contributed by atoms with Crippen molar-refractivity contribution in [3.63, 3.8) is 0 Å². The fourth-order valence-electron chi connectivity index (χ4n) is 6.34. The number of aromatic carboxylic acids is 1. The van der Waals surface area contributed by atoms with Crippen LogP contribution in [-0.2, 0) is 20.9 Å². The van der Waals surface area contributed by atoms with E-state index in [-0.39, 0.29) is 17.7 Å². The van der Waals surface area contributed by atoms with Crippen molar-refractivity contribution in [2.75, 3.05) is 10.2 Å². The minimum absolute atomic E-state index is 0.0339. The molecule has 4 amide bonds. The molecule has 1 atom stereocenters. The summed E-state index contributed by atoms with van der Waals surface area (Å²) in [5, 5.41) is 16.3. The van der Waals surface area contributed by atoms with Crippen molar-refractivity contribution in [2.24, 2.45) is 0 Å². The van der Waals surface area contributed by atoms with E-state index in [2.05, 4.69) is 34.3 Å². The van der Waals surface area contributed by atoms with Crippen molar-refractivity contribution < 1.29 is 29.1 Å². The van der Waals surface area contributed by atoms with Crippen LogP contribution in [0.15, 0.2) is 132 Å². The third-order valence-electron chi connectivity index (χ3n) is 8.80. The van der Waals surface area contributed by atoms with Gasteiger partial charge >= 0.3 is 5.97 Å². The minimum Gasteiger partial charge on any atom is -0.478 e. The number of imide groups is 1. The predicted octanol–water partition coefficient (Wildman–Crippen LogP) is 7.35. The fraction of sp³-hybridized carbons (Fsp3) is 0.0976. The van der Waals surface area contributed by atoms with E-state index < -0.39 is 34.8 Å². The van der Waals surface area contributed by atoms with E-state index in [1.165, 1.54) is 36.0 Å². The zero-order chi connectivity index (χ0) is 36.4. The van der Waals surface area contributed by atoms with Crippen molar-refractivity contribution >= 4 is 80.6 Å². The van der Waals surface area contributed by atoms with Crippen LogP contribution >= 0.6 is 11.8 Å². The number of aryl methyl sites for hydroxylation is 1. The van der Waals surface area contributed by atoms with Crippen molar-refractivity contribution in [3.8, 4) is 0 Å². The maximum absolute atomic E-state index is 13.9. The molecule has 11 heteroatoms. The van der Waals surface area contributed by atoms with Crippen molar-refractivity contribution in [1.82, 2.24) is 9.88 Å². The smallest absolute Gasteiger partial charge is 0.335 e. The molecule has 0 unspecified atom stereocenters. The molecule has 0 bridgehead atoms. The average molecular weight is 709 g/mol. The summed E-state index contributed by atoms with van der Waals surface area (Å²) in [5.41, 5.74) is 4.10. The number of hydrogen-bond donors (Lipinski definition) is 3. The van der Waals surface area contributed by atoms with Gasteiger partial charge in [-0.05, 0) is 91.4 Å². The molecule has 0 radical (unpaired) electrons. The van der Waals surface area contributed by atoms with Gasteiger partial charge in [-0.25, -0.2) is 9.69 Å². The van der Waals surface area contributed by atoms with Crippen LogP contribution < -0.4 is 15.5 Å². The van der Waals surface area contributed by atoms with Crippen LogP contribution in [0.5, 0.6) is 0 Å². The van der Waals surface area contributed by atoms with Crippen molar-refractivity contribution in [3.05, 3.63) is 144 Å². The van der Waals surface area contributed by atoms with Gasteiger partial charge in [-0.15, -0.1) is 11.8 Å². The van der Waals surface area contributed by atoms with Crippen LogP contribution in [0.25, 0.3) is 27.9 Å². The largest absolute Gasteiger partial charge is 0.478 e. The van der Waals surface area contributed by atoms with Crippen LogP contribution in [0, 0.1) is 0 Å². The number of carbonyl (C=O) groups excluding carboxylic acids is 4. The first-order valence-corrected chi connectivity index (χ1v) is 17.5. The molecule has 1 aliphatic heterocycles. The van der Waals surface area contributed by atoms with Crippen LogP contribution in [0.2, 0.25) is 0 Å². The highest BCUT2D eigenvalue weighted by atomic mass is 32.2. The molecule has 10 nitrogen and oxygen atoms in total. The molecule has 0 saturated carbocycles. The number of carbonyl (C=O) groups is 5. The minimum atomic E-state index is -1.11. The van der Waals surface area contributed by atoms with Gasteiger partial charge in [0.25, 0.3) is 11.8 Å². The summed E-state index contributed by atoms with van der Waals surface area (Å²) in [5.74, 6) is -2.91. The second kappa shape index (κ2) is 14.4. The van der Waals surface area contributed by atoms with E-state index in [0.29, 0.717) is 21.8 Å². The Hall–Kier alpha value is -6.46. The van der Waals surface area contributed by atoms with Gasteiger partial charge in [0.1, 0.15) is 5.70 Å². The Morgan fingerprint density at radius 2 is 1.54 bits per heavy atom. The van der Waals surface area contributed by atoms with E-state index in [1.807, 2.05) is 30.3 Å². The lowest BCUT2D eigenvalue weighted by molar-refractivity contribution is -0.121. The van der Waals surface area contributed by atoms with Crippen LogP contribution in [-0.4, -0.2) is 44.5 Å². The first-order chi connectivity index (χ1) is 25.2. The number of aromatic nitrogens is 1. The second-order valence-corrected chi connectivity index (χ2v) is 13.4. The summed E-state index contributed by atoms with van der Waals surface area (Å²) >= 11 is 1.19. The van der Waals surface area contributed by atoms with Gasteiger partial charge in [0.15, 0.2) is 0 Å². The van der Waals surface area contributed by atoms with Crippen LogP contribution in [0.1, 0.15) is 39.6 Å². The molecule has 1 aliphatic rings. The number of nitrogens with zero attached hydrogens (tertiary/aromatic N) is 2. The third kappa shape index (κ3) is 6.81. The second-order valence-electron chi connectivity index (χ2n) is 12.1. The summed E-state index contributed by atoms with van der Waals surface area (Å²) in [4.78, 5) is 66.3. The molecule has 2 heterocycles. The number of anilines is 2. The van der Waals surface area contributed by atoms with E-state index in [9.17, 15) is 29.1 Å². The number of benzene rings is 5. The van der Waals surface area contributed by atoms with E-state index in [0.717, 1.165) is 38.8 Å². The summed E-state index contributed by atoms with van der Waals surface area (Å²) in [6, 6.07) is 35.2. The molecule has 0 spiro atoms. The van der Waals surface area contributed by atoms with Crippen LogP contribution in [0.4, 0.5) is 11.4 Å². The lowest BCUT2D eigenvalue weighted by atomic mass is 10.1. The maximum Gasteiger partial charge on any atom is 0.335 e. The monoisotopic (exact) mass is 708 g/mol. The molecular weight excluding hydrogens is 677 g/mol. The average Bonchev–Trinajstić information content (AvgIpc) is 3.62. The van der Waals surface area contributed by atoms with Gasteiger partial charge in [0, 0.05) is 50.9 Å². The molecular formula is C41H32N4O6S. The van der Waals surface area contributed by atoms with Gasteiger partial charge in [-0.3, -0.25) is 19.2 Å². The topological polar surface area (TPSA) is 138 Å². The fourth-order valence-corrected chi connectivity index (χ4v) is 7.45. The number of hydrogen-bond acceptors (Lipinski definition) is 6. The highest BCUT2D eigenvalue weighted by Gasteiger charge is 2.40. The molecule has 5 aromatic carbocycles. The molecule has 3 N–H and O–H groups in total. The molecule has 1 fully saturated rings. The van der Waals surface area contributed by atoms with E-state index in [4.69, 9.17) is 0 Å². The number of fused-ring (bicyclic) bond motifs is 3. The van der Waals surface area contributed by atoms with Gasteiger partial charge in [0.2, 0.25) is 11.8 Å². The molecule has 1 saturated heterocycles.